The number of rotatable bonds is 3. The van der Waals surface area contributed by atoms with Crippen LogP contribution in [0, 0.1) is 0 Å². The molecule has 0 saturated carbocycles. The third kappa shape index (κ3) is 3.65. The second-order valence-corrected chi connectivity index (χ2v) is 7.44. The number of para-hydroxylation sites is 1. The second kappa shape index (κ2) is 7.51. The lowest BCUT2D eigenvalue weighted by Gasteiger charge is -2.25. The molecule has 1 fully saturated rings. The molecule has 2 N–H and O–H groups in total. The molecule has 3 aromatic rings. The third-order valence-electron chi connectivity index (χ3n) is 5.47. The number of nitrogens with zero attached hydrogens (tertiary/aromatic N) is 1. The maximum atomic E-state index is 13.7. The van der Waals surface area contributed by atoms with Gasteiger partial charge in [-0.2, -0.15) is 13.2 Å². The van der Waals surface area contributed by atoms with E-state index in [-0.39, 0.29) is 17.3 Å². The van der Waals surface area contributed by atoms with E-state index in [0.717, 1.165) is 18.9 Å². The van der Waals surface area contributed by atoms with E-state index in [1.54, 1.807) is 30.3 Å². The van der Waals surface area contributed by atoms with Crippen molar-refractivity contribution in [3.05, 3.63) is 70.0 Å². The summed E-state index contributed by atoms with van der Waals surface area (Å²) in [6, 6.07) is 10.6. The number of anilines is 2. The van der Waals surface area contributed by atoms with Gasteiger partial charge in [0.2, 0.25) is 5.43 Å². The lowest BCUT2D eigenvalue weighted by atomic mass is 10.1. The summed E-state index contributed by atoms with van der Waals surface area (Å²) in [6.07, 6.45) is -1.60. The van der Waals surface area contributed by atoms with E-state index < -0.39 is 23.1 Å². The maximum absolute atomic E-state index is 13.7. The number of alkyl halides is 3. The summed E-state index contributed by atoms with van der Waals surface area (Å²) in [4.78, 5) is 30.0. The minimum Gasteiger partial charge on any atom is -0.369 e. The number of carbonyl (C=O) groups is 1. The number of carbonyl (C=O) groups excluding carboxylic acids is 1. The minimum atomic E-state index is -4.66. The Morgan fingerprint density at radius 2 is 1.97 bits per heavy atom. The fraction of sp³-hybridized carbons (Fsp3) is 0.273. The number of benzene rings is 2. The number of aromatic amines is 1. The molecule has 0 bridgehead atoms. The largest absolute Gasteiger partial charge is 0.418 e. The molecular weight excluding hydrogens is 395 g/mol. The molecule has 1 aliphatic rings. The van der Waals surface area contributed by atoms with E-state index in [1.165, 1.54) is 12.3 Å². The van der Waals surface area contributed by atoms with Gasteiger partial charge in [0.15, 0.2) is 0 Å². The number of fused-ring (bicyclic) bond motifs is 1. The number of hydrogen-bond acceptors (Lipinski definition) is 3. The lowest BCUT2D eigenvalue weighted by molar-refractivity contribution is -0.136. The van der Waals surface area contributed by atoms with Gasteiger partial charge < -0.3 is 15.2 Å². The molecule has 1 aromatic heterocycles. The Balaban J connectivity index is 1.69. The molecule has 1 aliphatic heterocycles. The average molecular weight is 415 g/mol. The van der Waals surface area contributed by atoms with Crippen molar-refractivity contribution in [3.63, 3.8) is 0 Å². The van der Waals surface area contributed by atoms with Crippen molar-refractivity contribution < 1.29 is 18.0 Å². The Morgan fingerprint density at radius 1 is 1.20 bits per heavy atom. The number of hydrogen-bond donors (Lipinski definition) is 2. The van der Waals surface area contributed by atoms with Crippen molar-refractivity contribution in [2.75, 3.05) is 16.8 Å². The Bertz CT molecular complexity index is 1170. The van der Waals surface area contributed by atoms with Crippen LogP contribution in [-0.4, -0.2) is 23.5 Å². The molecule has 1 saturated heterocycles. The summed E-state index contributed by atoms with van der Waals surface area (Å²) in [5, 5.41) is 2.56. The molecule has 2 aromatic carbocycles. The van der Waals surface area contributed by atoms with Crippen LogP contribution in [0.2, 0.25) is 0 Å². The van der Waals surface area contributed by atoms with Gasteiger partial charge in [0, 0.05) is 35.4 Å². The molecule has 0 spiro atoms. The predicted molar refractivity (Wildman–Crippen MR) is 110 cm³/mol. The Morgan fingerprint density at radius 3 is 2.67 bits per heavy atom. The van der Waals surface area contributed by atoms with Crippen LogP contribution in [0.3, 0.4) is 0 Å². The highest BCUT2D eigenvalue weighted by atomic mass is 19.4. The van der Waals surface area contributed by atoms with E-state index in [1.807, 2.05) is 11.8 Å². The number of halogens is 3. The highest BCUT2D eigenvalue weighted by Gasteiger charge is 2.35. The fourth-order valence-corrected chi connectivity index (χ4v) is 3.90. The van der Waals surface area contributed by atoms with Gasteiger partial charge in [-0.05, 0) is 50.1 Å². The monoisotopic (exact) mass is 415 g/mol. The summed E-state index contributed by atoms with van der Waals surface area (Å²) in [5.74, 6) is -0.894. The van der Waals surface area contributed by atoms with Crippen LogP contribution < -0.4 is 15.6 Å². The number of pyridine rings is 1. The zero-order valence-corrected chi connectivity index (χ0v) is 16.2. The van der Waals surface area contributed by atoms with Gasteiger partial charge in [-0.3, -0.25) is 9.59 Å². The summed E-state index contributed by atoms with van der Waals surface area (Å²) in [6.45, 7) is 2.67. The first-order chi connectivity index (χ1) is 14.3. The molecule has 156 valence electrons. The molecule has 1 atom stereocenters. The first kappa shape index (κ1) is 20.0. The van der Waals surface area contributed by atoms with Crippen LogP contribution in [0.25, 0.3) is 10.9 Å². The standard InChI is InChI=1S/C22H20F3N3O2/c1-13-5-4-10-28(13)14-8-9-19(17(11-14)22(23,24)25)27-21(30)16-12-26-18-7-3-2-6-15(18)20(16)29/h2-3,6-9,11-13H,4-5,10H2,1H3,(H,26,29)(H,27,30). The van der Waals surface area contributed by atoms with Gasteiger partial charge in [0.05, 0.1) is 11.3 Å². The van der Waals surface area contributed by atoms with Gasteiger partial charge in [0.25, 0.3) is 5.91 Å². The van der Waals surface area contributed by atoms with Gasteiger partial charge in [-0.1, -0.05) is 12.1 Å². The van der Waals surface area contributed by atoms with Crippen molar-refractivity contribution in [1.29, 1.82) is 0 Å². The summed E-state index contributed by atoms with van der Waals surface area (Å²) < 4.78 is 41.1. The molecule has 1 amide bonds. The Hall–Kier alpha value is -3.29. The normalized spacial score (nSPS) is 16.8. The van der Waals surface area contributed by atoms with E-state index in [0.29, 0.717) is 23.1 Å². The molecular formula is C22H20F3N3O2. The molecule has 0 aliphatic carbocycles. The first-order valence-electron chi connectivity index (χ1n) is 9.65. The van der Waals surface area contributed by atoms with Crippen molar-refractivity contribution in [2.24, 2.45) is 0 Å². The smallest absolute Gasteiger partial charge is 0.369 e. The summed E-state index contributed by atoms with van der Waals surface area (Å²) in [7, 11) is 0. The van der Waals surface area contributed by atoms with Gasteiger partial charge in [-0.15, -0.1) is 0 Å². The SMILES string of the molecule is CC1CCCN1c1ccc(NC(=O)c2c[nH]c3ccccc3c2=O)c(C(F)(F)F)c1. The van der Waals surface area contributed by atoms with Gasteiger partial charge in [0.1, 0.15) is 5.56 Å². The zero-order valence-electron chi connectivity index (χ0n) is 16.2. The number of amides is 1. The Kier molecular flexibility index (Phi) is 5.01. The van der Waals surface area contributed by atoms with Crippen LogP contribution in [0.5, 0.6) is 0 Å². The van der Waals surface area contributed by atoms with E-state index in [2.05, 4.69) is 10.3 Å². The predicted octanol–water partition coefficient (Wildman–Crippen LogP) is 4.79. The third-order valence-corrected chi connectivity index (χ3v) is 5.47. The zero-order chi connectivity index (χ0) is 21.5. The molecule has 0 radical (unpaired) electrons. The van der Waals surface area contributed by atoms with Crippen LogP contribution in [0.15, 0.2) is 53.5 Å². The molecule has 2 heterocycles. The molecule has 5 nitrogen and oxygen atoms in total. The first-order valence-corrected chi connectivity index (χ1v) is 9.65. The van der Waals surface area contributed by atoms with E-state index in [9.17, 15) is 22.8 Å². The van der Waals surface area contributed by atoms with Crippen LogP contribution in [0.1, 0.15) is 35.7 Å². The summed E-state index contributed by atoms with van der Waals surface area (Å²) in [5.41, 5.74) is -1.11. The van der Waals surface area contributed by atoms with Crippen molar-refractivity contribution in [3.8, 4) is 0 Å². The molecule has 30 heavy (non-hydrogen) atoms. The highest BCUT2D eigenvalue weighted by Crippen LogP contribution is 2.38. The van der Waals surface area contributed by atoms with Crippen LogP contribution in [0.4, 0.5) is 24.5 Å². The number of H-pyrrole nitrogens is 1. The minimum absolute atomic E-state index is 0.155. The number of nitrogens with one attached hydrogen (secondary N) is 2. The molecule has 1 unspecified atom stereocenters. The van der Waals surface area contributed by atoms with Crippen molar-refractivity contribution in [1.82, 2.24) is 4.98 Å². The maximum Gasteiger partial charge on any atom is 0.418 e. The average Bonchev–Trinajstić information content (AvgIpc) is 3.14. The van der Waals surface area contributed by atoms with Crippen LogP contribution >= 0.6 is 0 Å². The second-order valence-electron chi connectivity index (χ2n) is 7.44. The topological polar surface area (TPSA) is 65.2 Å². The lowest BCUT2D eigenvalue weighted by Crippen LogP contribution is -2.27. The molecule has 4 rings (SSSR count). The summed E-state index contributed by atoms with van der Waals surface area (Å²) >= 11 is 0. The van der Waals surface area contributed by atoms with Gasteiger partial charge >= 0.3 is 6.18 Å². The van der Waals surface area contributed by atoms with Crippen molar-refractivity contribution >= 4 is 28.2 Å². The number of aromatic nitrogens is 1. The quantitative estimate of drug-likeness (QED) is 0.647. The van der Waals surface area contributed by atoms with E-state index >= 15 is 0 Å². The van der Waals surface area contributed by atoms with Crippen LogP contribution in [-0.2, 0) is 6.18 Å². The van der Waals surface area contributed by atoms with Crippen molar-refractivity contribution in [2.45, 2.75) is 32.0 Å². The van der Waals surface area contributed by atoms with Gasteiger partial charge in [-0.25, -0.2) is 0 Å². The molecule has 8 heteroatoms. The highest BCUT2D eigenvalue weighted by molar-refractivity contribution is 6.06. The fourth-order valence-electron chi connectivity index (χ4n) is 3.90. The van der Waals surface area contributed by atoms with E-state index in [4.69, 9.17) is 0 Å². The Labute approximate surface area is 170 Å².